The number of hydrogen-bond acceptors (Lipinski definition) is 4. The molecule has 3 N–H and O–H groups in total. The van der Waals surface area contributed by atoms with Crippen LogP contribution in [0.3, 0.4) is 0 Å². The topological polar surface area (TPSA) is 68.0 Å². The Balaban J connectivity index is 1.94. The van der Waals surface area contributed by atoms with E-state index in [-0.39, 0.29) is 11.9 Å². The first kappa shape index (κ1) is 16.3. The van der Waals surface area contributed by atoms with Crippen molar-refractivity contribution in [3.8, 4) is 10.4 Å². The van der Waals surface area contributed by atoms with Gasteiger partial charge in [-0.3, -0.25) is 4.79 Å². The summed E-state index contributed by atoms with van der Waals surface area (Å²) in [6, 6.07) is 11.9. The van der Waals surface area contributed by atoms with Gasteiger partial charge in [-0.2, -0.15) is 4.39 Å². The van der Waals surface area contributed by atoms with Crippen molar-refractivity contribution in [2.24, 2.45) is 5.73 Å². The molecule has 0 saturated heterocycles. The molecule has 1 unspecified atom stereocenters. The van der Waals surface area contributed by atoms with Gasteiger partial charge in [-0.25, -0.2) is 4.98 Å². The van der Waals surface area contributed by atoms with Gasteiger partial charge in [0, 0.05) is 34.4 Å². The Morgan fingerprint density at radius 2 is 2.12 bits per heavy atom. The van der Waals surface area contributed by atoms with E-state index in [2.05, 4.69) is 10.3 Å². The molecule has 1 aromatic carbocycles. The molecular weight excluding hydrogens is 325 g/mol. The van der Waals surface area contributed by atoms with Gasteiger partial charge in [0.15, 0.2) is 0 Å². The van der Waals surface area contributed by atoms with Crippen LogP contribution in [0.4, 0.5) is 10.1 Å². The molecule has 3 aromatic rings. The Labute approximate surface area is 143 Å². The highest BCUT2D eigenvalue weighted by molar-refractivity contribution is 7.13. The molecular formula is C18H16FN3OS. The lowest BCUT2D eigenvalue weighted by Gasteiger charge is -2.14. The molecule has 1 amide bonds. The number of pyridine rings is 1. The second-order valence-corrected chi connectivity index (χ2v) is 6.34. The lowest BCUT2D eigenvalue weighted by molar-refractivity contribution is 0.102. The normalized spacial score (nSPS) is 12.0. The maximum Gasteiger partial charge on any atom is 0.255 e. The molecule has 0 aliphatic rings. The predicted octanol–water partition coefficient (Wildman–Crippen LogP) is 4.22. The van der Waals surface area contributed by atoms with E-state index in [1.165, 1.54) is 18.3 Å². The zero-order valence-electron chi connectivity index (χ0n) is 13.0. The Bertz CT molecular complexity index is 862. The van der Waals surface area contributed by atoms with Gasteiger partial charge in [-0.05, 0) is 47.7 Å². The number of benzene rings is 1. The molecule has 0 bridgehead atoms. The Morgan fingerprint density at radius 3 is 2.79 bits per heavy atom. The van der Waals surface area contributed by atoms with Crippen molar-refractivity contribution < 1.29 is 9.18 Å². The summed E-state index contributed by atoms with van der Waals surface area (Å²) in [4.78, 5) is 17.0. The van der Waals surface area contributed by atoms with E-state index in [4.69, 9.17) is 5.73 Å². The van der Waals surface area contributed by atoms with Crippen molar-refractivity contribution in [1.29, 1.82) is 0 Å². The SMILES string of the molecule is CC(N)c1ccc(C(=O)Nc2ccnc(F)c2)cc1-c1cccs1. The Hall–Kier alpha value is -2.57. The molecule has 1 atom stereocenters. The van der Waals surface area contributed by atoms with Crippen LogP contribution in [0.1, 0.15) is 28.9 Å². The monoisotopic (exact) mass is 341 g/mol. The summed E-state index contributed by atoms with van der Waals surface area (Å²) in [5, 5.41) is 4.65. The van der Waals surface area contributed by atoms with Gasteiger partial charge in [0.25, 0.3) is 5.91 Å². The average molecular weight is 341 g/mol. The maximum absolute atomic E-state index is 13.1. The third-order valence-electron chi connectivity index (χ3n) is 3.58. The minimum Gasteiger partial charge on any atom is -0.324 e. The van der Waals surface area contributed by atoms with E-state index in [0.29, 0.717) is 11.3 Å². The summed E-state index contributed by atoms with van der Waals surface area (Å²) in [6.07, 6.45) is 1.31. The number of hydrogen-bond donors (Lipinski definition) is 2. The van der Waals surface area contributed by atoms with Gasteiger partial charge in [0.05, 0.1) is 0 Å². The first-order chi connectivity index (χ1) is 11.5. The van der Waals surface area contributed by atoms with Crippen LogP contribution in [-0.4, -0.2) is 10.9 Å². The molecule has 0 aliphatic carbocycles. The number of carbonyl (C=O) groups is 1. The Morgan fingerprint density at radius 1 is 1.29 bits per heavy atom. The summed E-state index contributed by atoms with van der Waals surface area (Å²) in [5.74, 6) is -0.950. The van der Waals surface area contributed by atoms with Crippen molar-refractivity contribution in [3.05, 3.63) is 71.1 Å². The molecule has 6 heteroatoms. The molecule has 2 aromatic heterocycles. The molecule has 3 rings (SSSR count). The van der Waals surface area contributed by atoms with Crippen LogP contribution in [0.25, 0.3) is 10.4 Å². The summed E-state index contributed by atoms with van der Waals surface area (Å²) >= 11 is 1.59. The fourth-order valence-corrected chi connectivity index (χ4v) is 3.19. The summed E-state index contributed by atoms with van der Waals surface area (Å²) in [6.45, 7) is 1.91. The molecule has 0 aliphatic heterocycles. The van der Waals surface area contributed by atoms with Crippen LogP contribution in [-0.2, 0) is 0 Å². The van der Waals surface area contributed by atoms with Crippen molar-refractivity contribution in [1.82, 2.24) is 4.98 Å². The minimum atomic E-state index is -0.639. The lowest BCUT2D eigenvalue weighted by Crippen LogP contribution is -2.13. The van der Waals surface area contributed by atoms with Crippen LogP contribution in [0.5, 0.6) is 0 Å². The molecule has 24 heavy (non-hydrogen) atoms. The van der Waals surface area contributed by atoms with Crippen LogP contribution >= 0.6 is 11.3 Å². The highest BCUT2D eigenvalue weighted by Gasteiger charge is 2.14. The lowest BCUT2D eigenvalue weighted by atomic mass is 9.98. The van der Waals surface area contributed by atoms with Gasteiger partial charge < -0.3 is 11.1 Å². The van der Waals surface area contributed by atoms with E-state index in [0.717, 1.165) is 16.0 Å². The van der Waals surface area contributed by atoms with Crippen molar-refractivity contribution in [2.45, 2.75) is 13.0 Å². The number of amides is 1. The number of carbonyl (C=O) groups excluding carboxylic acids is 1. The molecule has 0 spiro atoms. The van der Waals surface area contributed by atoms with Crippen molar-refractivity contribution >= 4 is 22.9 Å². The van der Waals surface area contributed by atoms with Gasteiger partial charge in [0.1, 0.15) is 0 Å². The first-order valence-electron chi connectivity index (χ1n) is 7.41. The second kappa shape index (κ2) is 6.90. The number of anilines is 1. The van der Waals surface area contributed by atoms with Crippen molar-refractivity contribution in [2.75, 3.05) is 5.32 Å². The number of nitrogens with one attached hydrogen (secondary N) is 1. The van der Waals surface area contributed by atoms with Crippen LogP contribution in [0, 0.1) is 5.95 Å². The summed E-state index contributed by atoms with van der Waals surface area (Å²) < 4.78 is 13.1. The van der Waals surface area contributed by atoms with Crippen molar-refractivity contribution in [3.63, 3.8) is 0 Å². The third-order valence-corrected chi connectivity index (χ3v) is 4.48. The second-order valence-electron chi connectivity index (χ2n) is 5.39. The number of nitrogens with two attached hydrogens (primary N) is 1. The quantitative estimate of drug-likeness (QED) is 0.698. The highest BCUT2D eigenvalue weighted by atomic mass is 32.1. The largest absolute Gasteiger partial charge is 0.324 e. The van der Waals surface area contributed by atoms with Crippen LogP contribution in [0.2, 0.25) is 0 Å². The van der Waals surface area contributed by atoms with Crippen LogP contribution in [0.15, 0.2) is 54.0 Å². The maximum atomic E-state index is 13.1. The van der Waals surface area contributed by atoms with Gasteiger partial charge >= 0.3 is 0 Å². The molecule has 122 valence electrons. The molecule has 4 nitrogen and oxygen atoms in total. The minimum absolute atomic E-state index is 0.145. The number of halogens is 1. The number of aromatic nitrogens is 1. The fourth-order valence-electron chi connectivity index (χ4n) is 2.42. The fraction of sp³-hybridized carbons (Fsp3) is 0.111. The van der Waals surface area contributed by atoms with E-state index in [1.54, 1.807) is 17.4 Å². The summed E-state index contributed by atoms with van der Waals surface area (Å²) in [5.41, 5.74) is 8.81. The zero-order valence-corrected chi connectivity index (χ0v) is 13.8. The van der Waals surface area contributed by atoms with E-state index >= 15 is 0 Å². The number of nitrogens with zero attached hydrogens (tertiary/aromatic N) is 1. The van der Waals surface area contributed by atoms with Gasteiger partial charge in [-0.15, -0.1) is 11.3 Å². The third kappa shape index (κ3) is 3.50. The van der Waals surface area contributed by atoms with Gasteiger partial charge in [-0.1, -0.05) is 12.1 Å². The Kier molecular flexibility index (Phi) is 4.69. The molecule has 0 saturated carbocycles. The highest BCUT2D eigenvalue weighted by Crippen LogP contribution is 2.32. The van der Waals surface area contributed by atoms with E-state index in [9.17, 15) is 9.18 Å². The standard InChI is InChI=1S/C18H16FN3OS/c1-11(20)14-5-4-12(9-15(14)16-3-2-8-24-16)18(23)22-13-6-7-21-17(19)10-13/h2-11H,20H2,1H3,(H,21,22,23). The van der Waals surface area contributed by atoms with E-state index < -0.39 is 5.95 Å². The zero-order chi connectivity index (χ0) is 17.1. The molecule has 0 radical (unpaired) electrons. The first-order valence-corrected chi connectivity index (χ1v) is 8.29. The number of thiophene rings is 1. The van der Waals surface area contributed by atoms with Gasteiger partial charge in [0.2, 0.25) is 5.95 Å². The predicted molar refractivity (Wildman–Crippen MR) is 94.5 cm³/mol. The van der Waals surface area contributed by atoms with Crippen LogP contribution < -0.4 is 11.1 Å². The summed E-state index contributed by atoms with van der Waals surface area (Å²) in [7, 11) is 0. The number of rotatable bonds is 4. The van der Waals surface area contributed by atoms with E-state index in [1.807, 2.05) is 36.6 Å². The molecule has 0 fully saturated rings. The smallest absolute Gasteiger partial charge is 0.255 e. The molecule has 2 heterocycles. The average Bonchev–Trinajstić information content (AvgIpc) is 3.08.